The van der Waals surface area contributed by atoms with E-state index < -0.39 is 16.8 Å². The van der Waals surface area contributed by atoms with Crippen LogP contribution in [0.5, 0.6) is 0 Å². The molecule has 7 heteroatoms. The van der Waals surface area contributed by atoms with Crippen LogP contribution in [-0.4, -0.2) is 46.0 Å². The number of amides is 3. The second kappa shape index (κ2) is 10.4. The van der Waals surface area contributed by atoms with Gasteiger partial charge >= 0.3 is 0 Å². The molecule has 2 aromatic rings. The number of aryl methyl sites for hydroxylation is 1. The van der Waals surface area contributed by atoms with Gasteiger partial charge in [-0.05, 0) is 56.2 Å². The standard InChI is InChI=1S/C28H35N3O3S/c1-18(2)17-22(24(32)29-16-10-13-19-11-6-5-7-12-19)30-25(33)23-28(3,4)35-27-21-15-9-8-14-20(21)26(34)31(23)27/h5-9,11-12,14-15,18,22-23,27H,10,13,16-17H2,1-4H3,(H,29,32)(H,30,33)/t22-,23+,27-/m0/s1. The van der Waals surface area contributed by atoms with Gasteiger partial charge in [0, 0.05) is 16.9 Å². The van der Waals surface area contributed by atoms with Gasteiger partial charge in [0.15, 0.2) is 0 Å². The fourth-order valence-electron chi connectivity index (χ4n) is 5.03. The average Bonchev–Trinajstić information content (AvgIpc) is 3.25. The Morgan fingerprint density at radius 1 is 1.06 bits per heavy atom. The number of thioether (sulfide) groups is 1. The van der Waals surface area contributed by atoms with Crippen LogP contribution in [0.15, 0.2) is 54.6 Å². The zero-order valence-electron chi connectivity index (χ0n) is 20.9. The van der Waals surface area contributed by atoms with Crippen molar-refractivity contribution in [3.05, 3.63) is 71.3 Å². The van der Waals surface area contributed by atoms with Crippen molar-refractivity contribution < 1.29 is 14.4 Å². The van der Waals surface area contributed by atoms with E-state index in [2.05, 4.69) is 22.8 Å². The van der Waals surface area contributed by atoms with Crippen molar-refractivity contribution in [2.75, 3.05) is 6.54 Å². The molecule has 0 saturated carbocycles. The fourth-order valence-corrected chi connectivity index (χ4v) is 6.62. The van der Waals surface area contributed by atoms with Gasteiger partial charge in [-0.3, -0.25) is 14.4 Å². The zero-order valence-corrected chi connectivity index (χ0v) is 21.7. The van der Waals surface area contributed by atoms with Gasteiger partial charge in [0.05, 0.1) is 0 Å². The maximum Gasteiger partial charge on any atom is 0.256 e. The van der Waals surface area contributed by atoms with Crippen LogP contribution in [0.4, 0.5) is 0 Å². The van der Waals surface area contributed by atoms with E-state index in [0.29, 0.717) is 18.5 Å². The number of fused-ring (bicyclic) bond motifs is 3. The first-order chi connectivity index (χ1) is 16.7. The van der Waals surface area contributed by atoms with Gasteiger partial charge in [-0.15, -0.1) is 11.8 Å². The highest BCUT2D eigenvalue weighted by atomic mass is 32.2. The Balaban J connectivity index is 1.42. The number of nitrogens with one attached hydrogen (secondary N) is 2. The van der Waals surface area contributed by atoms with Crippen LogP contribution in [-0.2, 0) is 16.0 Å². The highest BCUT2D eigenvalue weighted by molar-refractivity contribution is 8.01. The van der Waals surface area contributed by atoms with Crippen LogP contribution in [0, 0.1) is 5.92 Å². The van der Waals surface area contributed by atoms with Crippen molar-refractivity contribution >= 4 is 29.5 Å². The van der Waals surface area contributed by atoms with Crippen molar-refractivity contribution in [1.29, 1.82) is 0 Å². The van der Waals surface area contributed by atoms with Crippen LogP contribution in [0.1, 0.15) is 67.4 Å². The summed E-state index contributed by atoms with van der Waals surface area (Å²) in [6, 6.07) is 16.4. The molecular weight excluding hydrogens is 458 g/mol. The van der Waals surface area contributed by atoms with Crippen molar-refractivity contribution in [3.63, 3.8) is 0 Å². The number of benzene rings is 2. The Kier molecular flexibility index (Phi) is 7.55. The topological polar surface area (TPSA) is 78.5 Å². The molecule has 0 aromatic heterocycles. The summed E-state index contributed by atoms with van der Waals surface area (Å²) in [5, 5.41) is 5.83. The highest BCUT2D eigenvalue weighted by Crippen LogP contribution is 2.56. The van der Waals surface area contributed by atoms with E-state index in [1.165, 1.54) is 5.56 Å². The predicted molar refractivity (Wildman–Crippen MR) is 140 cm³/mol. The van der Waals surface area contributed by atoms with Crippen LogP contribution in [0.2, 0.25) is 0 Å². The largest absolute Gasteiger partial charge is 0.354 e. The Hall–Kier alpha value is -2.80. The molecule has 0 unspecified atom stereocenters. The van der Waals surface area contributed by atoms with E-state index in [4.69, 9.17) is 0 Å². The molecule has 1 saturated heterocycles. The molecule has 4 rings (SSSR count). The second-order valence-electron chi connectivity index (χ2n) is 10.3. The molecule has 35 heavy (non-hydrogen) atoms. The van der Waals surface area contributed by atoms with Gasteiger partial charge in [-0.1, -0.05) is 62.4 Å². The van der Waals surface area contributed by atoms with Gasteiger partial charge in [0.1, 0.15) is 17.5 Å². The molecule has 0 bridgehead atoms. The lowest BCUT2D eigenvalue weighted by molar-refractivity contribution is -0.132. The minimum absolute atomic E-state index is 0.116. The lowest BCUT2D eigenvalue weighted by Gasteiger charge is -2.31. The molecule has 2 aliphatic rings. The number of nitrogens with zero attached hydrogens (tertiary/aromatic N) is 1. The SMILES string of the molecule is CC(C)C[C@H](NC(=O)[C@H]1N2C(=O)c3ccccc3[C@@H]2SC1(C)C)C(=O)NCCCc1ccccc1. The van der Waals surface area contributed by atoms with Gasteiger partial charge in [-0.25, -0.2) is 0 Å². The Bertz CT molecular complexity index is 1090. The summed E-state index contributed by atoms with van der Waals surface area (Å²) in [7, 11) is 0. The first-order valence-electron chi connectivity index (χ1n) is 12.4. The molecule has 0 radical (unpaired) electrons. The van der Waals surface area contributed by atoms with E-state index in [9.17, 15) is 14.4 Å². The van der Waals surface area contributed by atoms with E-state index in [-0.39, 0.29) is 29.0 Å². The molecule has 2 heterocycles. The Labute approximate surface area is 212 Å². The lowest BCUT2D eigenvalue weighted by Crippen LogP contribution is -2.57. The smallest absolute Gasteiger partial charge is 0.256 e. The number of carbonyl (C=O) groups is 3. The van der Waals surface area contributed by atoms with E-state index in [0.717, 1.165) is 18.4 Å². The van der Waals surface area contributed by atoms with E-state index in [1.807, 2.05) is 70.2 Å². The summed E-state index contributed by atoms with van der Waals surface area (Å²) in [4.78, 5) is 41.6. The summed E-state index contributed by atoms with van der Waals surface area (Å²) in [5.41, 5.74) is 2.86. The first-order valence-corrected chi connectivity index (χ1v) is 13.3. The third-order valence-corrected chi connectivity index (χ3v) is 8.20. The Morgan fingerprint density at radius 2 is 1.74 bits per heavy atom. The highest BCUT2D eigenvalue weighted by Gasteiger charge is 2.57. The van der Waals surface area contributed by atoms with Gasteiger partial charge in [-0.2, -0.15) is 0 Å². The summed E-state index contributed by atoms with van der Waals surface area (Å²) in [6.07, 6.45) is 2.25. The van der Waals surface area contributed by atoms with Crippen LogP contribution >= 0.6 is 11.8 Å². The minimum Gasteiger partial charge on any atom is -0.354 e. The third kappa shape index (κ3) is 5.40. The number of hydrogen-bond donors (Lipinski definition) is 2. The van der Waals surface area contributed by atoms with Crippen LogP contribution in [0.3, 0.4) is 0 Å². The van der Waals surface area contributed by atoms with E-state index >= 15 is 0 Å². The van der Waals surface area contributed by atoms with Crippen LogP contribution < -0.4 is 10.6 Å². The number of hydrogen-bond acceptors (Lipinski definition) is 4. The molecule has 0 aliphatic carbocycles. The molecule has 6 nitrogen and oxygen atoms in total. The van der Waals surface area contributed by atoms with Crippen molar-refractivity contribution in [2.45, 2.75) is 69.2 Å². The van der Waals surface area contributed by atoms with Crippen molar-refractivity contribution in [2.24, 2.45) is 5.92 Å². The van der Waals surface area contributed by atoms with Crippen molar-refractivity contribution in [1.82, 2.24) is 15.5 Å². The lowest BCUT2D eigenvalue weighted by atomic mass is 9.98. The molecule has 1 fully saturated rings. The molecule has 3 amide bonds. The molecule has 2 aliphatic heterocycles. The van der Waals surface area contributed by atoms with Crippen LogP contribution in [0.25, 0.3) is 0 Å². The van der Waals surface area contributed by atoms with Crippen molar-refractivity contribution in [3.8, 4) is 0 Å². The molecule has 0 spiro atoms. The monoisotopic (exact) mass is 493 g/mol. The quantitative estimate of drug-likeness (QED) is 0.510. The maximum absolute atomic E-state index is 13.6. The molecule has 186 valence electrons. The summed E-state index contributed by atoms with van der Waals surface area (Å²) >= 11 is 1.63. The van der Waals surface area contributed by atoms with Gasteiger partial charge in [0.25, 0.3) is 5.91 Å². The molecular formula is C28H35N3O3S. The Morgan fingerprint density at radius 3 is 2.46 bits per heavy atom. The first kappa shape index (κ1) is 25.3. The summed E-state index contributed by atoms with van der Waals surface area (Å²) < 4.78 is -0.480. The normalized spacial score (nSPS) is 20.9. The number of carbonyl (C=O) groups excluding carboxylic acids is 3. The van der Waals surface area contributed by atoms with Gasteiger partial charge in [0.2, 0.25) is 11.8 Å². The summed E-state index contributed by atoms with van der Waals surface area (Å²) in [5.74, 6) is -0.325. The summed E-state index contributed by atoms with van der Waals surface area (Å²) in [6.45, 7) is 8.61. The molecule has 3 atom stereocenters. The van der Waals surface area contributed by atoms with Gasteiger partial charge < -0.3 is 15.5 Å². The molecule has 2 N–H and O–H groups in total. The number of rotatable bonds is 9. The third-order valence-electron chi connectivity index (χ3n) is 6.67. The minimum atomic E-state index is -0.655. The molecule has 2 aromatic carbocycles. The van der Waals surface area contributed by atoms with E-state index in [1.54, 1.807) is 16.7 Å². The maximum atomic E-state index is 13.6. The zero-order chi connectivity index (χ0) is 25.2. The second-order valence-corrected chi connectivity index (χ2v) is 12.1. The average molecular weight is 494 g/mol. The fraction of sp³-hybridized carbons (Fsp3) is 0.464. The predicted octanol–water partition coefficient (Wildman–Crippen LogP) is 4.31.